The third kappa shape index (κ3) is 7.11. The Hall–Kier alpha value is -4.21. The van der Waals surface area contributed by atoms with E-state index in [2.05, 4.69) is 40.6 Å². The maximum Gasteiger partial charge on any atom is 0.251 e. The molecule has 1 saturated heterocycles. The van der Waals surface area contributed by atoms with Crippen molar-refractivity contribution in [3.63, 3.8) is 0 Å². The Morgan fingerprint density at radius 2 is 1.66 bits per heavy atom. The van der Waals surface area contributed by atoms with Crippen LogP contribution in [0.15, 0.2) is 121 Å². The first-order valence-corrected chi connectivity index (χ1v) is 15.7. The van der Waals surface area contributed by atoms with Crippen molar-refractivity contribution in [1.82, 2.24) is 14.9 Å². The van der Waals surface area contributed by atoms with Crippen molar-refractivity contribution in [3.05, 3.63) is 143 Å². The molecule has 1 aliphatic heterocycles. The molecule has 1 fully saturated rings. The van der Waals surface area contributed by atoms with Gasteiger partial charge in [0.05, 0.1) is 18.8 Å². The van der Waals surface area contributed by atoms with Crippen LogP contribution >= 0.6 is 11.8 Å². The van der Waals surface area contributed by atoms with Gasteiger partial charge in [-0.3, -0.25) is 4.79 Å². The number of aryl methyl sites for hydroxylation is 1. The summed E-state index contributed by atoms with van der Waals surface area (Å²) in [4.78, 5) is 17.1. The molecule has 6 rings (SSSR count). The number of carbonyl (C=O) groups is 1. The van der Waals surface area contributed by atoms with E-state index in [1.807, 2.05) is 90.6 Å². The number of aromatic nitrogens is 2. The summed E-state index contributed by atoms with van der Waals surface area (Å²) in [6.07, 6.45) is 3.73. The van der Waals surface area contributed by atoms with E-state index in [0.717, 1.165) is 44.3 Å². The number of aliphatic hydroxyl groups excluding tert-OH is 1. The lowest BCUT2D eigenvalue weighted by Gasteiger charge is -2.36. The average molecular weight is 606 g/mol. The molecule has 2 N–H and O–H groups in total. The van der Waals surface area contributed by atoms with E-state index in [1.54, 1.807) is 18.0 Å². The van der Waals surface area contributed by atoms with E-state index >= 15 is 0 Å². The average Bonchev–Trinajstić information content (AvgIpc) is 3.51. The first-order valence-electron chi connectivity index (χ1n) is 14.7. The number of ether oxygens (including phenoxy) is 2. The molecule has 0 bridgehead atoms. The first-order chi connectivity index (χ1) is 21.6. The molecule has 44 heavy (non-hydrogen) atoms. The molecule has 3 unspecified atom stereocenters. The van der Waals surface area contributed by atoms with Crippen LogP contribution in [0.2, 0.25) is 0 Å². The van der Waals surface area contributed by atoms with E-state index in [-0.39, 0.29) is 24.7 Å². The molecule has 1 aliphatic rings. The zero-order valence-electron chi connectivity index (χ0n) is 24.5. The Balaban J connectivity index is 1.19. The van der Waals surface area contributed by atoms with Crippen LogP contribution in [-0.4, -0.2) is 32.4 Å². The number of benzene rings is 4. The van der Waals surface area contributed by atoms with Gasteiger partial charge in [0.15, 0.2) is 11.4 Å². The molecular weight excluding hydrogens is 570 g/mol. The van der Waals surface area contributed by atoms with Gasteiger partial charge in [0.25, 0.3) is 5.91 Å². The summed E-state index contributed by atoms with van der Waals surface area (Å²) in [5, 5.41) is 13.5. The number of thioether (sulfide) groups is 1. The maximum absolute atomic E-state index is 12.6. The largest absolute Gasteiger partial charge is 0.392 e. The van der Waals surface area contributed by atoms with Crippen LogP contribution in [0.5, 0.6) is 0 Å². The van der Waals surface area contributed by atoms with Gasteiger partial charge in [-0.05, 0) is 39.9 Å². The molecule has 224 valence electrons. The predicted octanol–water partition coefficient (Wildman–Crippen LogP) is 6.85. The number of hydrogen-bond acceptors (Lipinski definition) is 6. The Bertz CT molecular complexity index is 1670. The number of nitrogens with zero attached hydrogens (tertiary/aromatic N) is 2. The van der Waals surface area contributed by atoms with E-state index in [9.17, 15) is 9.90 Å². The zero-order valence-corrected chi connectivity index (χ0v) is 25.3. The number of amides is 1. The van der Waals surface area contributed by atoms with Crippen molar-refractivity contribution < 1.29 is 19.4 Å². The minimum atomic E-state index is -0.535. The van der Waals surface area contributed by atoms with Crippen LogP contribution in [0.25, 0.3) is 11.1 Å². The predicted molar refractivity (Wildman–Crippen MR) is 172 cm³/mol. The standard InChI is InChI=1S/C36H35N3O4S/c1-39-20-19-37-36(39)44-24-31-21-33(27-13-11-25(23-40)12-14-27)43-35(42-31)29-17-15-26(16-18-29)32-10-6-5-9-30(32)22-38-34(41)28-7-3-2-4-8-28/h2-20,31,33,35,40H,21-24H2,1H3,(H,38,41). The van der Waals surface area contributed by atoms with Gasteiger partial charge in [0, 0.05) is 49.3 Å². The highest BCUT2D eigenvalue weighted by Crippen LogP contribution is 2.40. The van der Waals surface area contributed by atoms with Crippen LogP contribution in [0, 0.1) is 0 Å². The van der Waals surface area contributed by atoms with Crippen molar-refractivity contribution in [2.75, 3.05) is 5.75 Å². The third-order valence-electron chi connectivity index (χ3n) is 7.78. The van der Waals surface area contributed by atoms with E-state index in [4.69, 9.17) is 9.47 Å². The monoisotopic (exact) mass is 605 g/mol. The summed E-state index contributed by atoms with van der Waals surface area (Å²) in [5.41, 5.74) is 6.65. The summed E-state index contributed by atoms with van der Waals surface area (Å²) >= 11 is 1.68. The summed E-state index contributed by atoms with van der Waals surface area (Å²) in [7, 11) is 1.99. The number of aliphatic hydroxyl groups is 1. The van der Waals surface area contributed by atoms with Gasteiger partial charge in [-0.25, -0.2) is 4.98 Å². The minimum absolute atomic E-state index is 0.00927. The molecule has 4 aromatic carbocycles. The van der Waals surface area contributed by atoms with Crippen LogP contribution in [0.4, 0.5) is 0 Å². The fourth-order valence-corrected chi connectivity index (χ4v) is 6.27. The Labute approximate surface area is 261 Å². The van der Waals surface area contributed by atoms with Gasteiger partial charge in [-0.1, -0.05) is 103 Å². The SMILES string of the molecule is Cn1ccnc1SCC1CC(c2ccc(CO)cc2)OC(c2ccc(-c3ccccc3CNC(=O)c3ccccc3)cc2)O1. The maximum atomic E-state index is 12.6. The minimum Gasteiger partial charge on any atom is -0.392 e. The van der Waals surface area contributed by atoms with Crippen molar-refractivity contribution in [1.29, 1.82) is 0 Å². The van der Waals surface area contributed by atoms with Crippen LogP contribution in [0.1, 0.15) is 51.4 Å². The number of rotatable bonds is 10. The van der Waals surface area contributed by atoms with Crippen molar-refractivity contribution in [2.24, 2.45) is 7.05 Å². The molecule has 0 aliphatic carbocycles. The molecular formula is C36H35N3O4S. The summed E-state index contributed by atoms with van der Waals surface area (Å²) in [5.74, 6) is 0.648. The third-order valence-corrected chi connectivity index (χ3v) is 8.97. The molecule has 0 radical (unpaired) electrons. The number of imidazole rings is 1. The quantitative estimate of drug-likeness (QED) is 0.170. The van der Waals surface area contributed by atoms with Crippen LogP contribution in [0.3, 0.4) is 0 Å². The number of nitrogens with one attached hydrogen (secondary N) is 1. The Morgan fingerprint density at radius 3 is 2.39 bits per heavy atom. The molecule has 7 nitrogen and oxygen atoms in total. The molecule has 0 saturated carbocycles. The first kappa shape index (κ1) is 29.8. The van der Waals surface area contributed by atoms with Crippen molar-refractivity contribution in [3.8, 4) is 11.1 Å². The van der Waals surface area contributed by atoms with E-state index < -0.39 is 6.29 Å². The van der Waals surface area contributed by atoms with Crippen LogP contribution in [-0.2, 0) is 29.7 Å². The van der Waals surface area contributed by atoms with E-state index in [0.29, 0.717) is 18.5 Å². The second-order valence-corrected chi connectivity index (χ2v) is 11.8. The summed E-state index contributed by atoms with van der Waals surface area (Å²) in [6.45, 7) is 0.432. The Kier molecular flexibility index (Phi) is 9.53. The molecule has 3 atom stereocenters. The lowest BCUT2D eigenvalue weighted by molar-refractivity contribution is -0.245. The number of hydrogen-bond donors (Lipinski definition) is 2. The van der Waals surface area contributed by atoms with Gasteiger partial charge >= 0.3 is 0 Å². The van der Waals surface area contributed by atoms with Gasteiger partial charge in [0.1, 0.15) is 0 Å². The molecule has 5 aromatic rings. The fourth-order valence-electron chi connectivity index (χ4n) is 5.32. The molecule has 8 heteroatoms. The van der Waals surface area contributed by atoms with Crippen molar-refractivity contribution in [2.45, 2.75) is 43.2 Å². The zero-order chi connectivity index (χ0) is 30.3. The lowest BCUT2D eigenvalue weighted by Crippen LogP contribution is -2.31. The van der Waals surface area contributed by atoms with Gasteiger partial charge in [0.2, 0.25) is 0 Å². The molecule has 0 spiro atoms. The summed E-state index contributed by atoms with van der Waals surface area (Å²) in [6, 6.07) is 33.6. The highest BCUT2D eigenvalue weighted by atomic mass is 32.2. The summed E-state index contributed by atoms with van der Waals surface area (Å²) < 4.78 is 15.1. The normalized spacial score (nSPS) is 18.2. The second-order valence-electron chi connectivity index (χ2n) is 10.8. The molecule has 2 heterocycles. The van der Waals surface area contributed by atoms with Gasteiger partial charge in [-0.2, -0.15) is 0 Å². The highest BCUT2D eigenvalue weighted by Gasteiger charge is 2.32. The molecule has 1 amide bonds. The van der Waals surface area contributed by atoms with E-state index in [1.165, 1.54) is 0 Å². The fraction of sp³-hybridized carbons (Fsp3) is 0.222. The topological polar surface area (TPSA) is 85.6 Å². The molecule has 1 aromatic heterocycles. The highest BCUT2D eigenvalue weighted by molar-refractivity contribution is 7.99. The van der Waals surface area contributed by atoms with Gasteiger partial charge in [-0.15, -0.1) is 0 Å². The Morgan fingerprint density at radius 1 is 0.932 bits per heavy atom. The smallest absolute Gasteiger partial charge is 0.251 e. The van der Waals surface area contributed by atoms with Crippen molar-refractivity contribution >= 4 is 17.7 Å². The van der Waals surface area contributed by atoms with Gasteiger partial charge < -0.3 is 24.5 Å². The lowest BCUT2D eigenvalue weighted by atomic mass is 9.97. The number of carbonyl (C=O) groups excluding carboxylic acids is 1. The second kappa shape index (κ2) is 14.1. The van der Waals surface area contributed by atoms with Crippen LogP contribution < -0.4 is 5.32 Å².